The predicted octanol–water partition coefficient (Wildman–Crippen LogP) is 2.71. The van der Waals surface area contributed by atoms with Crippen LogP contribution in [-0.2, 0) is 12.8 Å². The van der Waals surface area contributed by atoms with Gasteiger partial charge in [-0.05, 0) is 35.2 Å². The number of hydrogen-bond donors (Lipinski definition) is 3. The first-order valence-electron chi connectivity index (χ1n) is 12.0. The third kappa shape index (κ3) is 4.85. The number of methoxy groups -OCH3 is 2. The number of nitrogen functional groups attached to an aromatic ring is 2. The Hall–Kier alpha value is -4.93. The first kappa shape index (κ1) is 24.8. The quantitative estimate of drug-likeness (QED) is 0.237. The standard InChI is InChI=1S/C27H28N8O3/c1-37-22-13-16(11-18-14-30-27(29)33-25(18)28)12-20(24(22)38-2)21(36)8-10-35-9-7-17-5-3-4-6-19(17)23(35)26-31-15-32-34-26/h3-6,8,10,12-15,23H,7,9,11H2,1-2H3,(H,31,32,34)(H4,28,29,30,33). The minimum absolute atomic E-state index is 0.100. The van der Waals surface area contributed by atoms with E-state index in [4.69, 9.17) is 20.9 Å². The lowest BCUT2D eigenvalue weighted by Gasteiger charge is -2.35. The summed E-state index contributed by atoms with van der Waals surface area (Å²) in [5, 5.41) is 7.02. The van der Waals surface area contributed by atoms with Crippen LogP contribution in [0, 0.1) is 0 Å². The van der Waals surface area contributed by atoms with Crippen molar-refractivity contribution in [3.05, 3.63) is 94.8 Å². The third-order valence-corrected chi connectivity index (χ3v) is 6.55. The zero-order chi connectivity index (χ0) is 26.6. The molecule has 5 rings (SSSR count). The van der Waals surface area contributed by atoms with Gasteiger partial charge in [-0.1, -0.05) is 24.3 Å². The van der Waals surface area contributed by atoms with Crippen LogP contribution in [-0.4, -0.2) is 56.6 Å². The lowest BCUT2D eigenvalue weighted by molar-refractivity contribution is 0.104. The molecule has 194 valence electrons. The van der Waals surface area contributed by atoms with Crippen molar-refractivity contribution < 1.29 is 14.3 Å². The minimum Gasteiger partial charge on any atom is -0.493 e. The number of allylic oxidation sites excluding steroid dienone is 1. The second-order valence-corrected chi connectivity index (χ2v) is 8.83. The smallest absolute Gasteiger partial charge is 0.221 e. The maximum absolute atomic E-state index is 13.5. The van der Waals surface area contributed by atoms with Gasteiger partial charge in [0.15, 0.2) is 23.1 Å². The molecule has 0 aliphatic carbocycles. The number of ether oxygens (including phenoxy) is 2. The number of fused-ring (bicyclic) bond motifs is 1. The Labute approximate surface area is 219 Å². The van der Waals surface area contributed by atoms with Crippen LogP contribution in [0.3, 0.4) is 0 Å². The Morgan fingerprint density at radius 2 is 2.03 bits per heavy atom. The van der Waals surface area contributed by atoms with Gasteiger partial charge in [0.05, 0.1) is 19.8 Å². The van der Waals surface area contributed by atoms with Crippen molar-refractivity contribution in [1.29, 1.82) is 0 Å². The Morgan fingerprint density at radius 3 is 2.76 bits per heavy atom. The highest BCUT2D eigenvalue weighted by atomic mass is 16.5. The van der Waals surface area contributed by atoms with Crippen molar-refractivity contribution in [1.82, 2.24) is 30.0 Å². The molecule has 0 saturated carbocycles. The second-order valence-electron chi connectivity index (χ2n) is 8.83. The van der Waals surface area contributed by atoms with Crippen LogP contribution in [0.5, 0.6) is 11.5 Å². The van der Waals surface area contributed by atoms with Gasteiger partial charge >= 0.3 is 0 Å². The van der Waals surface area contributed by atoms with E-state index in [2.05, 4.69) is 42.2 Å². The van der Waals surface area contributed by atoms with E-state index in [0.29, 0.717) is 41.4 Å². The van der Waals surface area contributed by atoms with Crippen LogP contribution < -0.4 is 20.9 Å². The van der Waals surface area contributed by atoms with Crippen molar-refractivity contribution in [3.63, 3.8) is 0 Å². The van der Waals surface area contributed by atoms with Gasteiger partial charge in [-0.25, -0.2) is 9.97 Å². The van der Waals surface area contributed by atoms with Gasteiger partial charge in [0.2, 0.25) is 5.95 Å². The second kappa shape index (κ2) is 10.6. The first-order chi connectivity index (χ1) is 18.5. The van der Waals surface area contributed by atoms with Crippen molar-refractivity contribution in [2.75, 3.05) is 32.2 Å². The molecular formula is C27H28N8O3. The molecule has 0 spiro atoms. The summed E-state index contributed by atoms with van der Waals surface area (Å²) >= 11 is 0. The third-order valence-electron chi connectivity index (χ3n) is 6.55. The monoisotopic (exact) mass is 512 g/mol. The average Bonchev–Trinajstić information content (AvgIpc) is 3.47. The normalized spacial score (nSPS) is 14.9. The van der Waals surface area contributed by atoms with E-state index >= 15 is 0 Å². The largest absolute Gasteiger partial charge is 0.493 e. The van der Waals surface area contributed by atoms with Gasteiger partial charge in [-0.3, -0.25) is 9.89 Å². The molecule has 1 aliphatic rings. The summed E-state index contributed by atoms with van der Waals surface area (Å²) < 4.78 is 11.1. The molecule has 0 radical (unpaired) electrons. The van der Waals surface area contributed by atoms with Crippen LogP contribution in [0.2, 0.25) is 0 Å². The van der Waals surface area contributed by atoms with E-state index in [9.17, 15) is 4.79 Å². The number of ketones is 1. The molecule has 0 bridgehead atoms. The summed E-state index contributed by atoms with van der Waals surface area (Å²) in [4.78, 5) is 28.1. The summed E-state index contributed by atoms with van der Waals surface area (Å²) in [5.74, 6) is 1.64. The van der Waals surface area contributed by atoms with Crippen molar-refractivity contribution in [2.24, 2.45) is 0 Å². The molecule has 11 nitrogen and oxygen atoms in total. The van der Waals surface area contributed by atoms with Gasteiger partial charge in [0.25, 0.3) is 0 Å². The van der Waals surface area contributed by atoms with Crippen LogP contribution in [0.25, 0.3) is 0 Å². The topological polar surface area (TPSA) is 158 Å². The fourth-order valence-electron chi connectivity index (χ4n) is 4.75. The highest BCUT2D eigenvalue weighted by Crippen LogP contribution is 2.36. The molecule has 38 heavy (non-hydrogen) atoms. The fourth-order valence-corrected chi connectivity index (χ4v) is 4.75. The van der Waals surface area contributed by atoms with E-state index in [1.54, 1.807) is 30.6 Å². The number of benzene rings is 2. The molecule has 0 saturated heterocycles. The maximum Gasteiger partial charge on any atom is 0.221 e. The van der Waals surface area contributed by atoms with Crippen molar-refractivity contribution >= 4 is 17.5 Å². The molecule has 1 unspecified atom stereocenters. The van der Waals surface area contributed by atoms with E-state index in [-0.39, 0.29) is 23.6 Å². The summed E-state index contributed by atoms with van der Waals surface area (Å²) in [6.45, 7) is 0.711. The van der Waals surface area contributed by atoms with Crippen molar-refractivity contribution in [3.8, 4) is 11.5 Å². The summed E-state index contributed by atoms with van der Waals surface area (Å²) in [7, 11) is 3.03. The van der Waals surface area contributed by atoms with Gasteiger partial charge in [-0.15, -0.1) is 0 Å². The summed E-state index contributed by atoms with van der Waals surface area (Å²) in [6, 6.07) is 11.6. The number of nitrogens with one attached hydrogen (secondary N) is 1. The van der Waals surface area contributed by atoms with E-state index in [0.717, 1.165) is 17.5 Å². The Morgan fingerprint density at radius 1 is 1.18 bits per heavy atom. The maximum atomic E-state index is 13.5. The van der Waals surface area contributed by atoms with Crippen LogP contribution in [0.15, 0.2) is 61.2 Å². The van der Waals surface area contributed by atoms with Gasteiger partial charge in [0.1, 0.15) is 18.2 Å². The molecule has 1 atom stereocenters. The van der Waals surface area contributed by atoms with Gasteiger partial charge < -0.3 is 25.8 Å². The van der Waals surface area contributed by atoms with Crippen LogP contribution in [0.4, 0.5) is 11.8 Å². The number of nitrogens with zero attached hydrogens (tertiary/aromatic N) is 5. The SMILES string of the molecule is COc1cc(Cc2cnc(N)nc2N)cc(C(=O)C=CN2CCc3ccccc3C2c2ncn[nH]2)c1OC. The number of carbonyl (C=O) groups is 1. The number of anilines is 2. The number of rotatable bonds is 8. The highest BCUT2D eigenvalue weighted by molar-refractivity contribution is 6.07. The fraction of sp³-hybridized carbons (Fsp3) is 0.222. The summed E-state index contributed by atoms with van der Waals surface area (Å²) in [6.07, 6.45) is 7.63. The Balaban J connectivity index is 1.47. The molecule has 2 aromatic heterocycles. The Kier molecular flexibility index (Phi) is 6.90. The van der Waals surface area contributed by atoms with Crippen molar-refractivity contribution in [2.45, 2.75) is 18.9 Å². The molecule has 0 amide bonds. The first-order valence-corrected chi connectivity index (χ1v) is 12.0. The van der Waals surface area contributed by atoms with E-state index in [1.165, 1.54) is 26.1 Å². The molecule has 5 N–H and O–H groups in total. The number of nitrogens with two attached hydrogens (primary N) is 2. The van der Waals surface area contributed by atoms with E-state index < -0.39 is 0 Å². The number of hydrogen-bond acceptors (Lipinski definition) is 10. The molecule has 1 aliphatic heterocycles. The van der Waals surface area contributed by atoms with Gasteiger partial charge in [0, 0.05) is 37.0 Å². The molecule has 4 aromatic rings. The predicted molar refractivity (Wildman–Crippen MR) is 142 cm³/mol. The molecular weight excluding hydrogens is 484 g/mol. The molecule has 2 aromatic carbocycles. The number of aromatic nitrogens is 5. The van der Waals surface area contributed by atoms with E-state index in [1.807, 2.05) is 12.1 Å². The Bertz CT molecular complexity index is 1490. The molecule has 3 heterocycles. The molecule has 11 heteroatoms. The highest BCUT2D eigenvalue weighted by Gasteiger charge is 2.29. The number of H-pyrrole nitrogens is 1. The minimum atomic E-state index is -0.237. The molecule has 0 fully saturated rings. The lowest BCUT2D eigenvalue weighted by Crippen LogP contribution is -2.33. The van der Waals surface area contributed by atoms with Crippen LogP contribution >= 0.6 is 0 Å². The lowest BCUT2D eigenvalue weighted by atomic mass is 9.92. The number of carbonyl (C=O) groups excluding carboxylic acids is 1. The zero-order valence-corrected chi connectivity index (χ0v) is 21.1. The number of aromatic amines is 1. The van der Waals surface area contributed by atoms with Crippen LogP contribution in [0.1, 0.15) is 44.5 Å². The average molecular weight is 513 g/mol. The zero-order valence-electron chi connectivity index (χ0n) is 21.1. The summed E-state index contributed by atoms with van der Waals surface area (Å²) in [5.41, 5.74) is 15.9. The van der Waals surface area contributed by atoms with Gasteiger partial charge in [-0.2, -0.15) is 10.1 Å².